The van der Waals surface area contributed by atoms with E-state index >= 15 is 0 Å². The third-order valence-corrected chi connectivity index (χ3v) is 3.84. The predicted octanol–water partition coefficient (Wildman–Crippen LogP) is 4.18. The van der Waals surface area contributed by atoms with Crippen LogP contribution in [0.25, 0.3) is 0 Å². The summed E-state index contributed by atoms with van der Waals surface area (Å²) in [5.74, 6) is -0.178. The summed E-state index contributed by atoms with van der Waals surface area (Å²) >= 11 is 9.30. The van der Waals surface area contributed by atoms with Gasteiger partial charge in [-0.2, -0.15) is 0 Å². The van der Waals surface area contributed by atoms with E-state index in [2.05, 4.69) is 21.2 Å². The highest BCUT2D eigenvalue weighted by Crippen LogP contribution is 2.21. The van der Waals surface area contributed by atoms with Crippen LogP contribution in [0.3, 0.4) is 0 Å². The topological polar surface area (TPSA) is 55.1 Å². The van der Waals surface area contributed by atoms with Crippen LogP contribution >= 0.6 is 27.5 Å². The smallest absolute Gasteiger partial charge is 0.251 e. The SMILES string of the molecule is C[C@@H](NC(=O)c1ccc(N)c(Cl)c1)c1ccc(Br)cc1. The normalized spacial score (nSPS) is 11.9. The van der Waals surface area contributed by atoms with Crippen molar-refractivity contribution >= 4 is 39.1 Å². The first-order valence-corrected chi connectivity index (χ1v) is 7.26. The summed E-state index contributed by atoms with van der Waals surface area (Å²) < 4.78 is 1.00. The van der Waals surface area contributed by atoms with Crippen molar-refractivity contribution in [3.05, 3.63) is 63.1 Å². The van der Waals surface area contributed by atoms with Gasteiger partial charge in [0.1, 0.15) is 0 Å². The van der Waals surface area contributed by atoms with Crippen LogP contribution in [0.5, 0.6) is 0 Å². The van der Waals surface area contributed by atoms with Crippen LogP contribution in [-0.4, -0.2) is 5.91 Å². The Morgan fingerprint density at radius 1 is 1.25 bits per heavy atom. The van der Waals surface area contributed by atoms with E-state index in [1.165, 1.54) is 0 Å². The lowest BCUT2D eigenvalue weighted by Crippen LogP contribution is -2.26. The minimum absolute atomic E-state index is 0.0908. The summed E-state index contributed by atoms with van der Waals surface area (Å²) in [5.41, 5.74) is 7.61. The van der Waals surface area contributed by atoms with E-state index in [4.69, 9.17) is 17.3 Å². The van der Waals surface area contributed by atoms with Crippen molar-refractivity contribution in [1.29, 1.82) is 0 Å². The highest BCUT2D eigenvalue weighted by atomic mass is 79.9. The third-order valence-electron chi connectivity index (χ3n) is 2.98. The molecule has 0 aliphatic rings. The van der Waals surface area contributed by atoms with Gasteiger partial charge in [-0.15, -0.1) is 0 Å². The van der Waals surface area contributed by atoms with Crippen LogP contribution in [0.15, 0.2) is 46.9 Å². The zero-order valence-corrected chi connectivity index (χ0v) is 13.2. The zero-order chi connectivity index (χ0) is 14.7. The van der Waals surface area contributed by atoms with Crippen molar-refractivity contribution in [2.24, 2.45) is 0 Å². The number of carbonyl (C=O) groups excluding carboxylic acids is 1. The summed E-state index contributed by atoms with van der Waals surface area (Å²) in [7, 11) is 0. The molecule has 0 heterocycles. The third kappa shape index (κ3) is 3.52. The van der Waals surface area contributed by atoms with Gasteiger partial charge in [0, 0.05) is 10.0 Å². The van der Waals surface area contributed by atoms with Gasteiger partial charge in [-0.25, -0.2) is 0 Å². The number of benzene rings is 2. The zero-order valence-electron chi connectivity index (χ0n) is 10.9. The molecular formula is C15H14BrClN2O. The summed E-state index contributed by atoms with van der Waals surface area (Å²) in [6, 6.07) is 12.6. The number of nitrogens with one attached hydrogen (secondary N) is 1. The standard InChI is InChI=1S/C15H14BrClN2O/c1-9(10-2-5-12(16)6-3-10)19-15(20)11-4-7-14(18)13(17)8-11/h2-9H,18H2,1H3,(H,19,20)/t9-/m1/s1. The maximum absolute atomic E-state index is 12.1. The Morgan fingerprint density at radius 2 is 1.90 bits per heavy atom. The fraction of sp³-hybridized carbons (Fsp3) is 0.133. The van der Waals surface area contributed by atoms with Crippen molar-refractivity contribution in [2.75, 3.05) is 5.73 Å². The van der Waals surface area contributed by atoms with Gasteiger partial charge < -0.3 is 11.1 Å². The van der Waals surface area contributed by atoms with Gasteiger partial charge in [-0.3, -0.25) is 4.79 Å². The van der Waals surface area contributed by atoms with Crippen LogP contribution in [0.4, 0.5) is 5.69 Å². The number of hydrogen-bond acceptors (Lipinski definition) is 2. The van der Waals surface area contributed by atoms with Gasteiger partial charge in [0.2, 0.25) is 0 Å². The molecule has 0 spiro atoms. The molecule has 2 rings (SSSR count). The molecule has 3 N–H and O–H groups in total. The lowest BCUT2D eigenvalue weighted by Gasteiger charge is -2.15. The molecule has 0 radical (unpaired) electrons. The van der Waals surface area contributed by atoms with Gasteiger partial charge in [-0.1, -0.05) is 39.7 Å². The first kappa shape index (κ1) is 14.9. The van der Waals surface area contributed by atoms with Crippen molar-refractivity contribution in [2.45, 2.75) is 13.0 Å². The predicted molar refractivity (Wildman–Crippen MR) is 85.9 cm³/mol. The molecule has 0 aliphatic carbocycles. The van der Waals surface area contributed by atoms with Crippen molar-refractivity contribution in [3.8, 4) is 0 Å². The summed E-state index contributed by atoms with van der Waals surface area (Å²) in [4.78, 5) is 12.1. The van der Waals surface area contributed by atoms with Crippen LogP contribution in [0.2, 0.25) is 5.02 Å². The average molecular weight is 354 g/mol. The maximum Gasteiger partial charge on any atom is 0.251 e. The molecule has 0 saturated heterocycles. The highest BCUT2D eigenvalue weighted by Gasteiger charge is 2.12. The Morgan fingerprint density at radius 3 is 2.50 bits per heavy atom. The molecule has 0 bridgehead atoms. The molecule has 104 valence electrons. The highest BCUT2D eigenvalue weighted by molar-refractivity contribution is 9.10. The number of carbonyl (C=O) groups is 1. The van der Waals surface area contributed by atoms with Gasteiger partial charge in [0.25, 0.3) is 5.91 Å². The lowest BCUT2D eigenvalue weighted by molar-refractivity contribution is 0.0940. The summed E-state index contributed by atoms with van der Waals surface area (Å²) in [6.45, 7) is 1.93. The molecule has 0 fully saturated rings. The number of rotatable bonds is 3. The molecular weight excluding hydrogens is 340 g/mol. The molecule has 20 heavy (non-hydrogen) atoms. The van der Waals surface area contributed by atoms with Crippen molar-refractivity contribution in [3.63, 3.8) is 0 Å². The maximum atomic E-state index is 12.1. The second kappa shape index (κ2) is 6.29. The Kier molecular flexibility index (Phi) is 4.68. The Balaban J connectivity index is 2.10. The molecule has 5 heteroatoms. The molecule has 0 aromatic heterocycles. The molecule has 0 aliphatic heterocycles. The van der Waals surface area contributed by atoms with E-state index in [0.717, 1.165) is 10.0 Å². The van der Waals surface area contributed by atoms with E-state index in [-0.39, 0.29) is 11.9 Å². The van der Waals surface area contributed by atoms with E-state index in [1.54, 1.807) is 18.2 Å². The molecule has 2 aromatic rings. The minimum atomic E-state index is -0.178. The Hall–Kier alpha value is -1.52. The minimum Gasteiger partial charge on any atom is -0.398 e. The van der Waals surface area contributed by atoms with E-state index in [0.29, 0.717) is 16.3 Å². The number of nitrogens with two attached hydrogens (primary N) is 1. The van der Waals surface area contributed by atoms with E-state index < -0.39 is 0 Å². The molecule has 0 unspecified atom stereocenters. The van der Waals surface area contributed by atoms with Crippen molar-refractivity contribution < 1.29 is 4.79 Å². The lowest BCUT2D eigenvalue weighted by atomic mass is 10.1. The number of amides is 1. The second-order valence-corrected chi connectivity index (χ2v) is 5.81. The molecule has 3 nitrogen and oxygen atoms in total. The number of hydrogen-bond donors (Lipinski definition) is 2. The van der Waals surface area contributed by atoms with Crippen LogP contribution in [0, 0.1) is 0 Å². The summed E-state index contributed by atoms with van der Waals surface area (Å²) in [6.07, 6.45) is 0. The fourth-order valence-corrected chi connectivity index (χ4v) is 2.23. The van der Waals surface area contributed by atoms with Crippen LogP contribution in [0.1, 0.15) is 28.9 Å². The van der Waals surface area contributed by atoms with Gasteiger partial charge in [0.15, 0.2) is 0 Å². The number of anilines is 1. The Bertz CT molecular complexity index is 628. The average Bonchev–Trinajstić information content (AvgIpc) is 2.42. The van der Waals surface area contributed by atoms with Gasteiger partial charge in [-0.05, 0) is 42.8 Å². The van der Waals surface area contributed by atoms with Crippen LogP contribution in [-0.2, 0) is 0 Å². The van der Waals surface area contributed by atoms with E-state index in [9.17, 15) is 4.79 Å². The first-order chi connectivity index (χ1) is 9.47. The number of nitrogen functional groups attached to an aromatic ring is 1. The first-order valence-electron chi connectivity index (χ1n) is 6.08. The van der Waals surface area contributed by atoms with Crippen molar-refractivity contribution in [1.82, 2.24) is 5.32 Å². The summed E-state index contributed by atoms with van der Waals surface area (Å²) in [5, 5.41) is 3.31. The largest absolute Gasteiger partial charge is 0.398 e. The van der Waals surface area contributed by atoms with Gasteiger partial charge >= 0.3 is 0 Å². The van der Waals surface area contributed by atoms with E-state index in [1.807, 2.05) is 31.2 Å². The van der Waals surface area contributed by atoms with Gasteiger partial charge in [0.05, 0.1) is 16.8 Å². The molecule has 0 saturated carbocycles. The second-order valence-electron chi connectivity index (χ2n) is 4.48. The Labute approximate surface area is 131 Å². The fourth-order valence-electron chi connectivity index (χ4n) is 1.78. The molecule has 1 amide bonds. The molecule has 1 atom stereocenters. The van der Waals surface area contributed by atoms with Crippen LogP contribution < -0.4 is 11.1 Å². The monoisotopic (exact) mass is 352 g/mol. The number of halogens is 2. The quantitative estimate of drug-likeness (QED) is 0.813. The molecule has 2 aromatic carbocycles.